The van der Waals surface area contributed by atoms with Crippen LogP contribution in [0.15, 0.2) is 17.0 Å². The molecule has 1 rings (SSSR count). The van der Waals surface area contributed by atoms with Crippen molar-refractivity contribution in [1.82, 2.24) is 0 Å². The van der Waals surface area contributed by atoms with Gasteiger partial charge in [-0.05, 0) is 30.4 Å². The summed E-state index contributed by atoms with van der Waals surface area (Å²) in [5, 5.41) is 9.49. The van der Waals surface area contributed by atoms with E-state index in [0.717, 1.165) is 16.2 Å². The second-order valence-electron chi connectivity index (χ2n) is 2.62. The van der Waals surface area contributed by atoms with Gasteiger partial charge in [0.25, 0.3) is 0 Å². The van der Waals surface area contributed by atoms with Gasteiger partial charge in [0, 0.05) is 9.92 Å². The zero-order valence-corrected chi connectivity index (χ0v) is 9.17. The first-order chi connectivity index (χ1) is 6.19. The minimum Gasteiger partial charge on any atom is -0.192 e. The Morgan fingerprint density at radius 2 is 2.23 bits per heavy atom. The van der Waals surface area contributed by atoms with E-state index in [0.29, 0.717) is 10.6 Å². The van der Waals surface area contributed by atoms with Gasteiger partial charge in [-0.25, -0.2) is 0 Å². The Balaban J connectivity index is 3.16. The van der Waals surface area contributed by atoms with E-state index in [2.05, 4.69) is 13.0 Å². The minimum absolute atomic E-state index is 0.670. The van der Waals surface area contributed by atoms with Crippen LogP contribution >= 0.6 is 23.4 Å². The summed E-state index contributed by atoms with van der Waals surface area (Å²) >= 11 is 7.66. The Labute approximate surface area is 87.7 Å². The van der Waals surface area contributed by atoms with Crippen LogP contribution in [0.4, 0.5) is 0 Å². The van der Waals surface area contributed by atoms with E-state index in [1.807, 2.05) is 19.1 Å². The average Bonchev–Trinajstić information content (AvgIpc) is 2.11. The molecular weight excluding hydrogens is 202 g/mol. The van der Waals surface area contributed by atoms with Crippen LogP contribution in [-0.2, 0) is 0 Å². The standard InChI is InChI=1S/C10H10ClNS/c1-3-13-9-4-8(6-12)7(2)10(11)5-9/h4-5H,3H2,1-2H3. The molecule has 0 N–H and O–H groups in total. The van der Waals surface area contributed by atoms with E-state index in [1.165, 1.54) is 0 Å². The summed E-state index contributed by atoms with van der Waals surface area (Å²) in [7, 11) is 0. The maximum absolute atomic E-state index is 8.82. The number of hydrogen-bond acceptors (Lipinski definition) is 2. The molecule has 0 aromatic heterocycles. The summed E-state index contributed by atoms with van der Waals surface area (Å²) in [5.41, 5.74) is 1.54. The fourth-order valence-electron chi connectivity index (χ4n) is 1.02. The second kappa shape index (κ2) is 4.55. The van der Waals surface area contributed by atoms with Crippen molar-refractivity contribution in [2.75, 3.05) is 5.75 Å². The zero-order valence-electron chi connectivity index (χ0n) is 7.60. The van der Waals surface area contributed by atoms with Crippen LogP contribution in [0.5, 0.6) is 0 Å². The third-order valence-corrected chi connectivity index (χ3v) is 3.00. The van der Waals surface area contributed by atoms with Gasteiger partial charge < -0.3 is 0 Å². The summed E-state index contributed by atoms with van der Waals surface area (Å²) in [5.74, 6) is 0.990. The van der Waals surface area contributed by atoms with Crippen LogP contribution in [0.1, 0.15) is 18.1 Å². The highest BCUT2D eigenvalue weighted by molar-refractivity contribution is 7.99. The first kappa shape index (κ1) is 10.4. The molecule has 0 atom stereocenters. The van der Waals surface area contributed by atoms with Gasteiger partial charge in [0.1, 0.15) is 0 Å². The molecule has 0 saturated heterocycles. The van der Waals surface area contributed by atoms with E-state index >= 15 is 0 Å². The molecule has 0 amide bonds. The van der Waals surface area contributed by atoms with Crippen LogP contribution in [-0.4, -0.2) is 5.75 Å². The molecule has 13 heavy (non-hydrogen) atoms. The quantitative estimate of drug-likeness (QED) is 0.698. The third-order valence-electron chi connectivity index (χ3n) is 1.75. The smallest absolute Gasteiger partial charge is 0.0995 e. The Morgan fingerprint density at radius 1 is 1.54 bits per heavy atom. The number of thioether (sulfide) groups is 1. The van der Waals surface area contributed by atoms with E-state index in [1.54, 1.807) is 11.8 Å². The molecule has 0 fully saturated rings. The van der Waals surface area contributed by atoms with Crippen molar-refractivity contribution in [3.8, 4) is 6.07 Å². The lowest BCUT2D eigenvalue weighted by atomic mass is 10.1. The van der Waals surface area contributed by atoms with Crippen molar-refractivity contribution in [2.24, 2.45) is 0 Å². The molecule has 1 nitrogen and oxygen atoms in total. The lowest BCUT2D eigenvalue weighted by Gasteiger charge is -2.04. The highest BCUT2D eigenvalue weighted by Crippen LogP contribution is 2.27. The molecule has 3 heteroatoms. The van der Waals surface area contributed by atoms with Gasteiger partial charge in [-0.2, -0.15) is 5.26 Å². The fourth-order valence-corrected chi connectivity index (χ4v) is 2.04. The van der Waals surface area contributed by atoms with Crippen molar-refractivity contribution in [2.45, 2.75) is 18.7 Å². The van der Waals surface area contributed by atoms with E-state index in [9.17, 15) is 0 Å². The van der Waals surface area contributed by atoms with Gasteiger partial charge in [-0.1, -0.05) is 18.5 Å². The topological polar surface area (TPSA) is 23.8 Å². The second-order valence-corrected chi connectivity index (χ2v) is 4.37. The van der Waals surface area contributed by atoms with Crippen LogP contribution in [0, 0.1) is 18.3 Å². The van der Waals surface area contributed by atoms with E-state index in [-0.39, 0.29) is 0 Å². The van der Waals surface area contributed by atoms with Crippen molar-refractivity contribution in [3.05, 3.63) is 28.3 Å². The molecule has 0 saturated carbocycles. The number of halogens is 1. The van der Waals surface area contributed by atoms with E-state index in [4.69, 9.17) is 16.9 Å². The van der Waals surface area contributed by atoms with Crippen LogP contribution in [0.3, 0.4) is 0 Å². The van der Waals surface area contributed by atoms with Crippen molar-refractivity contribution in [1.29, 1.82) is 5.26 Å². The maximum atomic E-state index is 8.82. The third kappa shape index (κ3) is 2.40. The summed E-state index contributed by atoms with van der Waals surface area (Å²) in [6, 6.07) is 5.93. The van der Waals surface area contributed by atoms with Crippen molar-refractivity contribution >= 4 is 23.4 Å². The van der Waals surface area contributed by atoms with E-state index < -0.39 is 0 Å². The molecule has 0 heterocycles. The van der Waals surface area contributed by atoms with Gasteiger partial charge in [-0.15, -0.1) is 11.8 Å². The Bertz CT molecular complexity index is 355. The molecular formula is C10H10ClNS. The zero-order chi connectivity index (χ0) is 9.84. The lowest BCUT2D eigenvalue weighted by Crippen LogP contribution is -1.85. The number of benzene rings is 1. The minimum atomic E-state index is 0.670. The summed E-state index contributed by atoms with van der Waals surface area (Å²) in [4.78, 5) is 1.06. The molecule has 0 unspecified atom stereocenters. The van der Waals surface area contributed by atoms with Crippen molar-refractivity contribution < 1.29 is 0 Å². The average molecular weight is 212 g/mol. The van der Waals surface area contributed by atoms with Gasteiger partial charge >= 0.3 is 0 Å². The fraction of sp³-hybridized carbons (Fsp3) is 0.300. The predicted octanol–water partition coefficient (Wildman–Crippen LogP) is 3.63. The number of nitrogens with zero attached hydrogens (tertiary/aromatic N) is 1. The molecule has 1 aromatic rings. The van der Waals surface area contributed by atoms with Gasteiger partial charge in [0.2, 0.25) is 0 Å². The monoisotopic (exact) mass is 211 g/mol. The van der Waals surface area contributed by atoms with Crippen LogP contribution in [0.25, 0.3) is 0 Å². The SMILES string of the molecule is CCSc1cc(Cl)c(C)c(C#N)c1. The molecule has 0 radical (unpaired) electrons. The first-order valence-corrected chi connectivity index (χ1v) is 5.38. The van der Waals surface area contributed by atoms with Gasteiger partial charge in [-0.3, -0.25) is 0 Å². The largest absolute Gasteiger partial charge is 0.192 e. The predicted molar refractivity (Wildman–Crippen MR) is 57.3 cm³/mol. The summed E-state index contributed by atoms with van der Waals surface area (Å²) < 4.78 is 0. The molecule has 68 valence electrons. The molecule has 0 aliphatic heterocycles. The Hall–Kier alpha value is -0.650. The van der Waals surface area contributed by atoms with Gasteiger partial charge in [0.15, 0.2) is 0 Å². The summed E-state index contributed by atoms with van der Waals surface area (Å²) in [6.07, 6.45) is 0. The number of hydrogen-bond donors (Lipinski definition) is 0. The van der Waals surface area contributed by atoms with Crippen LogP contribution < -0.4 is 0 Å². The van der Waals surface area contributed by atoms with Crippen molar-refractivity contribution in [3.63, 3.8) is 0 Å². The lowest BCUT2D eigenvalue weighted by molar-refractivity contribution is 1.32. The molecule has 0 bridgehead atoms. The number of rotatable bonds is 2. The Morgan fingerprint density at radius 3 is 2.77 bits per heavy atom. The molecule has 0 aliphatic carbocycles. The maximum Gasteiger partial charge on any atom is 0.0995 e. The molecule has 1 aromatic carbocycles. The summed E-state index contributed by atoms with van der Waals surface area (Å²) in [6.45, 7) is 3.94. The molecule has 0 aliphatic rings. The number of nitriles is 1. The normalized spacial score (nSPS) is 9.69. The highest BCUT2D eigenvalue weighted by Gasteiger charge is 2.04. The molecule has 0 spiro atoms. The Kier molecular flexibility index (Phi) is 3.65. The van der Waals surface area contributed by atoms with Gasteiger partial charge in [0.05, 0.1) is 11.6 Å². The first-order valence-electron chi connectivity index (χ1n) is 4.02. The highest BCUT2D eigenvalue weighted by atomic mass is 35.5. The van der Waals surface area contributed by atoms with Crippen LogP contribution in [0.2, 0.25) is 5.02 Å².